The molecule has 0 bridgehead atoms. The highest BCUT2D eigenvalue weighted by molar-refractivity contribution is 5.42. The highest BCUT2D eigenvalue weighted by atomic mass is 15.3. The van der Waals surface area contributed by atoms with E-state index in [1.165, 1.54) is 0 Å². The zero-order chi connectivity index (χ0) is 14.8. The van der Waals surface area contributed by atoms with E-state index < -0.39 is 0 Å². The number of hydrogen-bond donors (Lipinski definition) is 3. The van der Waals surface area contributed by atoms with Crippen LogP contribution in [0, 0.1) is 0 Å². The van der Waals surface area contributed by atoms with Crippen molar-refractivity contribution in [3.63, 3.8) is 0 Å². The molecular formula is C13H20N8. The van der Waals surface area contributed by atoms with Crippen LogP contribution in [-0.2, 0) is 13.5 Å². The molecule has 0 spiro atoms. The lowest BCUT2D eigenvalue weighted by Gasteiger charge is -2.32. The number of rotatable bonds is 5. The molecule has 21 heavy (non-hydrogen) atoms. The second-order valence-corrected chi connectivity index (χ2v) is 5.44. The summed E-state index contributed by atoms with van der Waals surface area (Å²) in [4.78, 5) is 12.7. The maximum atomic E-state index is 5.83. The molecule has 2 aromatic rings. The van der Waals surface area contributed by atoms with Crippen LogP contribution in [0.15, 0.2) is 12.4 Å². The number of nitrogens with one attached hydrogen (secondary N) is 1. The van der Waals surface area contributed by atoms with Gasteiger partial charge < -0.3 is 16.8 Å². The molecule has 0 atom stereocenters. The van der Waals surface area contributed by atoms with Crippen molar-refractivity contribution in [2.45, 2.75) is 31.2 Å². The van der Waals surface area contributed by atoms with E-state index in [1.807, 2.05) is 13.1 Å². The molecular weight excluding hydrogens is 268 g/mol. The Morgan fingerprint density at radius 1 is 1.38 bits per heavy atom. The average molecular weight is 288 g/mol. The van der Waals surface area contributed by atoms with Gasteiger partial charge in [0.05, 0.1) is 5.69 Å². The van der Waals surface area contributed by atoms with E-state index >= 15 is 0 Å². The number of aromatic nitrogens is 5. The van der Waals surface area contributed by atoms with E-state index in [0.717, 1.165) is 36.6 Å². The van der Waals surface area contributed by atoms with Gasteiger partial charge in [-0.3, -0.25) is 4.68 Å². The molecule has 1 aliphatic carbocycles. The summed E-state index contributed by atoms with van der Waals surface area (Å²) in [5.41, 5.74) is 12.6. The molecule has 8 nitrogen and oxygen atoms in total. The Balaban J connectivity index is 1.61. The fraction of sp³-hybridized carbons (Fsp3) is 0.538. The number of nitrogens with zero attached hydrogens (tertiary/aromatic N) is 5. The third-order valence-electron chi connectivity index (χ3n) is 3.82. The average Bonchev–Trinajstić information content (AvgIpc) is 2.80. The van der Waals surface area contributed by atoms with Crippen molar-refractivity contribution in [2.24, 2.45) is 12.8 Å². The summed E-state index contributed by atoms with van der Waals surface area (Å²) in [5, 5.41) is 7.30. The molecule has 0 radical (unpaired) electrons. The summed E-state index contributed by atoms with van der Waals surface area (Å²) in [6.07, 6.45) is 4.25. The van der Waals surface area contributed by atoms with Gasteiger partial charge in [0, 0.05) is 38.0 Å². The summed E-state index contributed by atoms with van der Waals surface area (Å²) in [6.45, 7) is 0.715. The molecule has 112 valence electrons. The van der Waals surface area contributed by atoms with Gasteiger partial charge in [-0.25, -0.2) is 9.97 Å². The molecule has 1 fully saturated rings. The molecule has 0 amide bonds. The van der Waals surface area contributed by atoms with E-state index in [2.05, 4.69) is 25.4 Å². The topological polar surface area (TPSA) is 121 Å². The fourth-order valence-corrected chi connectivity index (χ4v) is 2.54. The Kier molecular flexibility index (Phi) is 3.70. The van der Waals surface area contributed by atoms with Crippen LogP contribution in [0.1, 0.15) is 30.3 Å². The summed E-state index contributed by atoms with van der Waals surface area (Å²) >= 11 is 0. The zero-order valence-electron chi connectivity index (χ0n) is 12.0. The minimum Gasteiger partial charge on any atom is -0.369 e. The van der Waals surface area contributed by atoms with Gasteiger partial charge in [0.1, 0.15) is 18.0 Å². The van der Waals surface area contributed by atoms with Crippen LogP contribution < -0.4 is 16.8 Å². The highest BCUT2D eigenvalue weighted by Crippen LogP contribution is 2.35. The summed E-state index contributed by atoms with van der Waals surface area (Å²) in [6, 6.07) is 2.25. The minimum atomic E-state index is 0.290. The smallest absolute Gasteiger partial charge is 0.222 e. The lowest BCUT2D eigenvalue weighted by Crippen LogP contribution is -2.35. The van der Waals surface area contributed by atoms with Crippen molar-refractivity contribution in [2.75, 3.05) is 17.6 Å². The van der Waals surface area contributed by atoms with Gasteiger partial charge in [-0.1, -0.05) is 0 Å². The molecule has 1 aliphatic rings. The van der Waals surface area contributed by atoms with Crippen LogP contribution in [0.2, 0.25) is 0 Å². The second kappa shape index (κ2) is 5.65. The van der Waals surface area contributed by atoms with E-state index in [0.29, 0.717) is 24.5 Å². The number of nitrogen functional groups attached to an aromatic ring is 1. The predicted octanol–water partition coefficient (Wildman–Crippen LogP) is 0.0466. The van der Waals surface area contributed by atoms with Gasteiger partial charge >= 0.3 is 0 Å². The Bertz CT molecular complexity index is 616. The Labute approximate surface area is 123 Å². The van der Waals surface area contributed by atoms with Crippen LogP contribution in [0.25, 0.3) is 0 Å². The molecule has 0 unspecified atom stereocenters. The summed E-state index contributed by atoms with van der Waals surface area (Å²) in [5.74, 6) is 2.38. The number of aryl methyl sites for hydroxylation is 1. The third kappa shape index (κ3) is 3.10. The lowest BCUT2D eigenvalue weighted by molar-refractivity contribution is 0.345. The first-order valence-electron chi connectivity index (χ1n) is 7.08. The Morgan fingerprint density at radius 3 is 2.86 bits per heavy atom. The first-order chi connectivity index (χ1) is 10.1. The highest BCUT2D eigenvalue weighted by Gasteiger charge is 2.29. The number of anilines is 2. The summed E-state index contributed by atoms with van der Waals surface area (Å²) in [7, 11) is 1.88. The van der Waals surface area contributed by atoms with E-state index in [9.17, 15) is 0 Å². The normalized spacial score (nSPS) is 21.0. The van der Waals surface area contributed by atoms with Crippen molar-refractivity contribution >= 4 is 11.8 Å². The van der Waals surface area contributed by atoms with E-state index in [1.54, 1.807) is 11.0 Å². The van der Waals surface area contributed by atoms with Crippen LogP contribution >= 0.6 is 0 Å². The molecule has 3 rings (SSSR count). The SMILES string of the molecule is Cn1ncnc1CCNc1cc(C2CC(N)C2)nc(N)n1. The summed E-state index contributed by atoms with van der Waals surface area (Å²) < 4.78 is 1.76. The Morgan fingerprint density at radius 2 is 2.19 bits per heavy atom. The molecule has 0 aromatic carbocycles. The first kappa shape index (κ1) is 13.7. The van der Waals surface area contributed by atoms with Gasteiger partial charge in [-0.15, -0.1) is 0 Å². The van der Waals surface area contributed by atoms with Crippen LogP contribution in [-0.4, -0.2) is 37.3 Å². The monoisotopic (exact) mass is 288 g/mol. The van der Waals surface area contributed by atoms with E-state index in [4.69, 9.17) is 11.5 Å². The standard InChI is InChI=1S/C13H20N8/c1-21-12(17-7-18-21)2-3-16-11-6-10(19-13(15)20-11)8-4-9(14)5-8/h6-9H,2-5,14H2,1H3,(H3,15,16,19,20). The molecule has 5 N–H and O–H groups in total. The predicted molar refractivity (Wildman–Crippen MR) is 79.6 cm³/mol. The van der Waals surface area contributed by atoms with Crippen molar-refractivity contribution in [1.29, 1.82) is 0 Å². The van der Waals surface area contributed by atoms with Gasteiger partial charge in [0.2, 0.25) is 5.95 Å². The molecule has 2 aromatic heterocycles. The molecule has 8 heteroatoms. The third-order valence-corrected chi connectivity index (χ3v) is 3.82. The molecule has 1 saturated carbocycles. The van der Waals surface area contributed by atoms with Crippen molar-refractivity contribution < 1.29 is 0 Å². The lowest BCUT2D eigenvalue weighted by atomic mass is 9.78. The second-order valence-electron chi connectivity index (χ2n) is 5.44. The number of nitrogens with two attached hydrogens (primary N) is 2. The number of hydrogen-bond acceptors (Lipinski definition) is 7. The quantitative estimate of drug-likeness (QED) is 0.710. The maximum Gasteiger partial charge on any atom is 0.222 e. The molecule has 0 saturated heterocycles. The fourth-order valence-electron chi connectivity index (χ4n) is 2.54. The Hall–Kier alpha value is -2.22. The van der Waals surface area contributed by atoms with Crippen molar-refractivity contribution in [3.8, 4) is 0 Å². The maximum absolute atomic E-state index is 5.83. The van der Waals surface area contributed by atoms with Gasteiger partial charge in [0.25, 0.3) is 0 Å². The van der Waals surface area contributed by atoms with Gasteiger partial charge in [-0.05, 0) is 12.8 Å². The van der Waals surface area contributed by atoms with Crippen LogP contribution in [0.4, 0.5) is 11.8 Å². The van der Waals surface area contributed by atoms with Gasteiger partial charge in [0.15, 0.2) is 0 Å². The van der Waals surface area contributed by atoms with Gasteiger partial charge in [-0.2, -0.15) is 10.1 Å². The largest absolute Gasteiger partial charge is 0.369 e. The van der Waals surface area contributed by atoms with Crippen LogP contribution in [0.3, 0.4) is 0 Å². The van der Waals surface area contributed by atoms with Crippen molar-refractivity contribution in [3.05, 3.63) is 23.9 Å². The minimum absolute atomic E-state index is 0.290. The first-order valence-corrected chi connectivity index (χ1v) is 7.08. The van der Waals surface area contributed by atoms with E-state index in [-0.39, 0.29) is 0 Å². The van der Waals surface area contributed by atoms with Crippen molar-refractivity contribution in [1.82, 2.24) is 24.7 Å². The van der Waals surface area contributed by atoms with Crippen LogP contribution in [0.5, 0.6) is 0 Å². The molecule has 0 aliphatic heterocycles. The zero-order valence-corrected chi connectivity index (χ0v) is 12.0. The molecule has 2 heterocycles.